The number of rotatable bonds is 5. The Morgan fingerprint density at radius 2 is 2.08 bits per heavy atom. The first-order valence-corrected chi connectivity index (χ1v) is 8.95. The van der Waals surface area contributed by atoms with Crippen molar-refractivity contribution < 1.29 is 4.79 Å². The van der Waals surface area contributed by atoms with Gasteiger partial charge in [-0.15, -0.1) is 11.3 Å². The molecular formula is C19H18N4OS. The van der Waals surface area contributed by atoms with Crippen LogP contribution in [0.1, 0.15) is 21.2 Å². The van der Waals surface area contributed by atoms with E-state index in [0.29, 0.717) is 18.8 Å². The van der Waals surface area contributed by atoms with Gasteiger partial charge in [0, 0.05) is 18.1 Å². The highest BCUT2D eigenvalue weighted by Gasteiger charge is 2.17. The predicted molar refractivity (Wildman–Crippen MR) is 99.7 cm³/mol. The molecule has 0 unspecified atom stereocenters. The Hall–Kier alpha value is -2.86. The highest BCUT2D eigenvalue weighted by molar-refractivity contribution is 7.09. The van der Waals surface area contributed by atoms with Gasteiger partial charge in [0.05, 0.1) is 24.1 Å². The lowest BCUT2D eigenvalue weighted by molar-refractivity contribution is 0.0772. The van der Waals surface area contributed by atoms with E-state index in [4.69, 9.17) is 0 Å². The van der Waals surface area contributed by atoms with Gasteiger partial charge in [-0.05, 0) is 35.7 Å². The number of amides is 1. The number of aromatic amines is 1. The van der Waals surface area contributed by atoms with E-state index in [1.165, 1.54) is 4.88 Å². The number of imidazole rings is 1. The van der Waals surface area contributed by atoms with Crippen LogP contribution in [0.15, 0.2) is 60.1 Å². The topological polar surface area (TPSA) is 53.9 Å². The summed E-state index contributed by atoms with van der Waals surface area (Å²) >= 11 is 1.69. The molecule has 25 heavy (non-hydrogen) atoms. The summed E-state index contributed by atoms with van der Waals surface area (Å²) in [5.41, 5.74) is 2.59. The molecule has 0 aliphatic carbocycles. The molecule has 1 amide bonds. The lowest BCUT2D eigenvalue weighted by Gasteiger charge is -2.17. The number of para-hydroxylation sites is 2. The second-order valence-electron chi connectivity index (χ2n) is 5.96. The summed E-state index contributed by atoms with van der Waals surface area (Å²) in [5.74, 6) is 0.774. The second-order valence-corrected chi connectivity index (χ2v) is 6.99. The number of nitrogens with one attached hydrogen (secondary N) is 1. The average molecular weight is 350 g/mol. The summed E-state index contributed by atoms with van der Waals surface area (Å²) in [6.45, 7) is 1.15. The number of carbonyl (C=O) groups excluding carboxylic acids is 1. The number of fused-ring (bicyclic) bond motifs is 1. The lowest BCUT2D eigenvalue weighted by atomic mass is 10.3. The number of hydrogen-bond acceptors (Lipinski definition) is 3. The molecule has 4 rings (SSSR count). The van der Waals surface area contributed by atoms with Gasteiger partial charge in [0.15, 0.2) is 0 Å². The minimum absolute atomic E-state index is 0.0120. The molecule has 0 atom stereocenters. The zero-order chi connectivity index (χ0) is 17.2. The zero-order valence-electron chi connectivity index (χ0n) is 13.8. The highest BCUT2D eigenvalue weighted by Crippen LogP contribution is 2.16. The van der Waals surface area contributed by atoms with Crippen LogP contribution in [0.25, 0.3) is 11.0 Å². The van der Waals surface area contributed by atoms with Gasteiger partial charge in [0.25, 0.3) is 5.91 Å². The molecule has 1 N–H and O–H groups in total. The Morgan fingerprint density at radius 1 is 1.20 bits per heavy atom. The molecule has 4 aromatic rings. The fraction of sp³-hybridized carbons (Fsp3) is 0.158. The van der Waals surface area contributed by atoms with Crippen LogP contribution in [0, 0.1) is 0 Å². The molecular weight excluding hydrogens is 332 g/mol. The molecule has 1 aromatic carbocycles. The maximum absolute atomic E-state index is 12.8. The second kappa shape index (κ2) is 6.57. The van der Waals surface area contributed by atoms with Gasteiger partial charge < -0.3 is 14.5 Å². The third-order valence-corrected chi connectivity index (χ3v) is 4.99. The summed E-state index contributed by atoms with van der Waals surface area (Å²) in [6.07, 6.45) is 1.95. The summed E-state index contributed by atoms with van der Waals surface area (Å²) < 4.78 is 1.99. The minimum atomic E-state index is -0.0120. The third-order valence-electron chi connectivity index (χ3n) is 4.13. The Morgan fingerprint density at radius 3 is 2.88 bits per heavy atom. The van der Waals surface area contributed by atoms with E-state index in [9.17, 15) is 4.79 Å². The van der Waals surface area contributed by atoms with Gasteiger partial charge in [0.1, 0.15) is 11.5 Å². The van der Waals surface area contributed by atoms with Crippen molar-refractivity contribution >= 4 is 28.3 Å². The first-order valence-electron chi connectivity index (χ1n) is 8.07. The van der Waals surface area contributed by atoms with Crippen LogP contribution in [0.3, 0.4) is 0 Å². The van der Waals surface area contributed by atoms with E-state index in [-0.39, 0.29) is 5.91 Å². The summed E-state index contributed by atoms with van der Waals surface area (Å²) in [5, 5.41) is 2.05. The van der Waals surface area contributed by atoms with Crippen molar-refractivity contribution in [3.05, 3.63) is 76.5 Å². The molecule has 0 saturated heterocycles. The summed E-state index contributed by atoms with van der Waals surface area (Å²) in [4.78, 5) is 23.6. The number of aromatic nitrogens is 3. The molecule has 0 spiro atoms. The lowest BCUT2D eigenvalue weighted by Crippen LogP contribution is -2.28. The highest BCUT2D eigenvalue weighted by atomic mass is 32.1. The number of H-pyrrole nitrogens is 1. The minimum Gasteiger partial charge on any atom is -0.340 e. The first-order chi connectivity index (χ1) is 12.2. The van der Waals surface area contributed by atoms with Gasteiger partial charge in [-0.1, -0.05) is 18.2 Å². The van der Waals surface area contributed by atoms with Crippen LogP contribution in [0.4, 0.5) is 0 Å². The summed E-state index contributed by atoms with van der Waals surface area (Å²) in [6, 6.07) is 15.8. The molecule has 3 heterocycles. The normalized spacial score (nSPS) is 11.1. The van der Waals surface area contributed by atoms with Gasteiger partial charge >= 0.3 is 0 Å². The smallest absolute Gasteiger partial charge is 0.270 e. The van der Waals surface area contributed by atoms with Crippen molar-refractivity contribution in [2.24, 2.45) is 0 Å². The summed E-state index contributed by atoms with van der Waals surface area (Å²) in [7, 11) is 1.80. The van der Waals surface area contributed by atoms with Gasteiger partial charge in [-0.2, -0.15) is 0 Å². The molecule has 0 aliphatic heterocycles. The van der Waals surface area contributed by atoms with Crippen molar-refractivity contribution in [3.63, 3.8) is 0 Å². The Bertz CT molecular complexity index is 966. The molecule has 5 nitrogen and oxygen atoms in total. The van der Waals surface area contributed by atoms with Gasteiger partial charge in [-0.25, -0.2) is 4.98 Å². The van der Waals surface area contributed by atoms with E-state index in [1.807, 2.05) is 58.6 Å². The molecule has 0 aliphatic rings. The molecule has 0 fully saturated rings. The fourth-order valence-corrected chi connectivity index (χ4v) is 3.59. The quantitative estimate of drug-likeness (QED) is 0.596. The van der Waals surface area contributed by atoms with Crippen LogP contribution in [0.5, 0.6) is 0 Å². The maximum atomic E-state index is 12.8. The van der Waals surface area contributed by atoms with Crippen LogP contribution < -0.4 is 0 Å². The fourth-order valence-electron chi connectivity index (χ4n) is 2.89. The SMILES string of the molecule is CN(Cc1nc2ccccc2[nH]1)C(=O)c1cccn1Cc1cccs1. The Balaban J connectivity index is 1.51. The van der Waals surface area contributed by atoms with Crippen molar-refractivity contribution in [3.8, 4) is 0 Å². The van der Waals surface area contributed by atoms with E-state index in [1.54, 1.807) is 23.3 Å². The largest absolute Gasteiger partial charge is 0.340 e. The zero-order valence-corrected chi connectivity index (χ0v) is 14.7. The van der Waals surface area contributed by atoms with Gasteiger partial charge in [-0.3, -0.25) is 4.79 Å². The molecule has 3 aromatic heterocycles. The molecule has 6 heteroatoms. The van der Waals surface area contributed by atoms with Crippen LogP contribution in [-0.2, 0) is 13.1 Å². The molecule has 126 valence electrons. The van der Waals surface area contributed by atoms with Crippen molar-refractivity contribution in [2.45, 2.75) is 13.1 Å². The Labute approximate surface area is 149 Å². The van der Waals surface area contributed by atoms with E-state index in [2.05, 4.69) is 16.0 Å². The number of thiophene rings is 1. The standard InChI is InChI=1S/C19H18N4OS/c1-22(13-18-20-15-7-2-3-8-16(15)21-18)19(24)17-9-4-10-23(17)12-14-6-5-11-25-14/h2-11H,12-13H2,1H3,(H,20,21). The van der Waals surface area contributed by atoms with E-state index >= 15 is 0 Å². The van der Waals surface area contributed by atoms with E-state index in [0.717, 1.165) is 16.9 Å². The molecule has 0 radical (unpaired) electrons. The maximum Gasteiger partial charge on any atom is 0.270 e. The predicted octanol–water partition coefficient (Wildman–Crippen LogP) is 3.75. The Kier molecular flexibility index (Phi) is 4.11. The van der Waals surface area contributed by atoms with Crippen LogP contribution in [0.2, 0.25) is 0 Å². The van der Waals surface area contributed by atoms with E-state index < -0.39 is 0 Å². The number of nitrogens with zero attached hydrogens (tertiary/aromatic N) is 3. The first kappa shape index (κ1) is 15.7. The van der Waals surface area contributed by atoms with Crippen molar-refractivity contribution in [1.82, 2.24) is 19.4 Å². The van der Waals surface area contributed by atoms with Crippen molar-refractivity contribution in [2.75, 3.05) is 7.05 Å². The molecule has 0 saturated carbocycles. The van der Waals surface area contributed by atoms with Gasteiger partial charge in [0.2, 0.25) is 0 Å². The van der Waals surface area contributed by atoms with Crippen LogP contribution in [-0.4, -0.2) is 32.4 Å². The van der Waals surface area contributed by atoms with Crippen LogP contribution >= 0.6 is 11.3 Å². The number of hydrogen-bond donors (Lipinski definition) is 1. The third kappa shape index (κ3) is 3.21. The average Bonchev–Trinajstić information content (AvgIpc) is 3.34. The van der Waals surface area contributed by atoms with Crippen molar-refractivity contribution in [1.29, 1.82) is 0 Å². The monoisotopic (exact) mass is 350 g/mol. The molecule has 0 bridgehead atoms. The number of benzene rings is 1. The number of carbonyl (C=O) groups is 1.